The Morgan fingerprint density at radius 1 is 1.21 bits per heavy atom. The topological polar surface area (TPSA) is 24.4 Å². The van der Waals surface area contributed by atoms with E-state index in [1.807, 2.05) is 24.3 Å². The molecule has 0 saturated heterocycles. The normalized spacial score (nSPS) is 17.0. The minimum absolute atomic E-state index is 0.967. The minimum atomic E-state index is 0.967. The average Bonchev–Trinajstić information content (AvgIpc) is 2.48. The van der Waals surface area contributed by atoms with Gasteiger partial charge in [-0.3, -0.25) is 4.99 Å². The molecule has 0 aromatic heterocycles. The highest BCUT2D eigenvalue weighted by Crippen LogP contribution is 2.11. The molecule has 2 rings (SSSR count). The lowest BCUT2D eigenvalue weighted by atomic mass is 10.2. The zero-order valence-corrected chi connectivity index (χ0v) is 8.29. The lowest BCUT2D eigenvalue weighted by molar-refractivity contribution is 0.731. The number of amidine groups is 1. The van der Waals surface area contributed by atoms with Crippen molar-refractivity contribution in [2.75, 3.05) is 11.9 Å². The molecule has 1 aliphatic rings. The van der Waals surface area contributed by atoms with Crippen molar-refractivity contribution in [1.29, 1.82) is 0 Å². The molecular weight excluding hydrogens is 172 g/mol. The van der Waals surface area contributed by atoms with Crippen LogP contribution in [0.15, 0.2) is 29.3 Å². The summed E-state index contributed by atoms with van der Waals surface area (Å²) < 4.78 is 0. The molecule has 73 valence electrons. The zero-order chi connectivity index (χ0) is 9.64. The molecule has 0 amide bonds. The Hall–Kier alpha value is -1.31. The molecule has 0 aliphatic carbocycles. The fourth-order valence-electron chi connectivity index (χ4n) is 1.60. The van der Waals surface area contributed by atoms with Gasteiger partial charge in [0.25, 0.3) is 0 Å². The van der Waals surface area contributed by atoms with Crippen molar-refractivity contribution in [2.45, 2.75) is 25.7 Å². The van der Waals surface area contributed by atoms with Crippen molar-refractivity contribution < 1.29 is 0 Å². The van der Waals surface area contributed by atoms with Gasteiger partial charge in [0.15, 0.2) is 0 Å². The van der Waals surface area contributed by atoms with Gasteiger partial charge in [0.2, 0.25) is 0 Å². The molecular formula is C12H15N2. The molecule has 0 saturated carbocycles. The van der Waals surface area contributed by atoms with Crippen LogP contribution in [-0.2, 0) is 0 Å². The third kappa shape index (κ3) is 2.59. The molecule has 1 radical (unpaired) electrons. The summed E-state index contributed by atoms with van der Waals surface area (Å²) >= 11 is 0. The van der Waals surface area contributed by atoms with E-state index in [1.54, 1.807) is 0 Å². The molecule has 0 fully saturated rings. The largest absolute Gasteiger partial charge is 0.344 e. The first kappa shape index (κ1) is 9.25. The van der Waals surface area contributed by atoms with E-state index in [0.29, 0.717) is 0 Å². The number of anilines is 1. The van der Waals surface area contributed by atoms with E-state index in [-0.39, 0.29) is 0 Å². The Bertz CT molecular complexity index is 303. The van der Waals surface area contributed by atoms with Crippen LogP contribution in [-0.4, -0.2) is 12.4 Å². The second kappa shape index (κ2) is 4.80. The lowest BCUT2D eigenvalue weighted by Crippen LogP contribution is -2.11. The highest BCUT2D eigenvalue weighted by atomic mass is 15.0. The van der Waals surface area contributed by atoms with Gasteiger partial charge >= 0.3 is 0 Å². The summed E-state index contributed by atoms with van der Waals surface area (Å²) in [5.41, 5.74) is 1.02. The van der Waals surface area contributed by atoms with E-state index in [9.17, 15) is 0 Å². The summed E-state index contributed by atoms with van der Waals surface area (Å²) in [4.78, 5) is 4.50. The van der Waals surface area contributed by atoms with E-state index in [1.165, 1.54) is 19.3 Å². The Morgan fingerprint density at radius 3 is 3.07 bits per heavy atom. The van der Waals surface area contributed by atoms with Crippen molar-refractivity contribution in [2.24, 2.45) is 4.99 Å². The van der Waals surface area contributed by atoms with E-state index in [2.05, 4.69) is 16.4 Å². The molecule has 1 aliphatic heterocycles. The van der Waals surface area contributed by atoms with Gasteiger partial charge in [0.05, 0.1) is 0 Å². The highest BCUT2D eigenvalue weighted by Gasteiger charge is 2.03. The Morgan fingerprint density at radius 2 is 2.21 bits per heavy atom. The molecule has 1 aromatic rings. The number of hydrogen-bond acceptors (Lipinski definition) is 2. The summed E-state index contributed by atoms with van der Waals surface area (Å²) in [5, 5.41) is 3.32. The summed E-state index contributed by atoms with van der Waals surface area (Å²) in [7, 11) is 0. The molecule has 0 atom stereocenters. The fraction of sp³-hybridized carbons (Fsp3) is 0.417. The van der Waals surface area contributed by atoms with Gasteiger partial charge < -0.3 is 5.32 Å². The van der Waals surface area contributed by atoms with Gasteiger partial charge in [0, 0.05) is 24.7 Å². The molecule has 1 N–H and O–H groups in total. The van der Waals surface area contributed by atoms with Crippen molar-refractivity contribution in [1.82, 2.24) is 0 Å². The third-order valence-corrected chi connectivity index (χ3v) is 2.36. The number of nitrogens with one attached hydrogen (secondary N) is 1. The Kier molecular flexibility index (Phi) is 3.17. The number of nitrogens with zero attached hydrogens (tertiary/aromatic N) is 1. The first-order chi connectivity index (χ1) is 6.95. The van der Waals surface area contributed by atoms with Crippen LogP contribution in [0.3, 0.4) is 0 Å². The monoisotopic (exact) mass is 187 g/mol. The molecule has 1 aromatic carbocycles. The number of benzene rings is 1. The Balaban J connectivity index is 1.99. The zero-order valence-electron chi connectivity index (χ0n) is 8.29. The van der Waals surface area contributed by atoms with Crippen LogP contribution in [0.1, 0.15) is 25.7 Å². The van der Waals surface area contributed by atoms with Crippen LogP contribution in [0.25, 0.3) is 0 Å². The Labute approximate surface area is 85.1 Å². The summed E-state index contributed by atoms with van der Waals surface area (Å²) in [6.45, 7) is 0.967. The molecule has 0 unspecified atom stereocenters. The molecule has 1 heterocycles. The van der Waals surface area contributed by atoms with Crippen LogP contribution in [0.2, 0.25) is 0 Å². The number of rotatable bonds is 1. The second-order valence-electron chi connectivity index (χ2n) is 3.54. The molecule has 2 nitrogen and oxygen atoms in total. The van der Waals surface area contributed by atoms with Crippen molar-refractivity contribution in [3.63, 3.8) is 0 Å². The first-order valence-electron chi connectivity index (χ1n) is 5.22. The lowest BCUT2D eigenvalue weighted by Gasteiger charge is -2.06. The van der Waals surface area contributed by atoms with Crippen molar-refractivity contribution >= 4 is 11.5 Å². The first-order valence-corrected chi connectivity index (χ1v) is 5.22. The van der Waals surface area contributed by atoms with Gasteiger partial charge in [-0.1, -0.05) is 24.6 Å². The summed E-state index contributed by atoms with van der Waals surface area (Å²) in [6.07, 6.45) is 4.85. The van der Waals surface area contributed by atoms with Gasteiger partial charge in [-0.25, -0.2) is 0 Å². The van der Waals surface area contributed by atoms with Crippen LogP contribution < -0.4 is 5.32 Å². The van der Waals surface area contributed by atoms with Crippen molar-refractivity contribution in [3.05, 3.63) is 30.3 Å². The molecule has 14 heavy (non-hydrogen) atoms. The quantitative estimate of drug-likeness (QED) is 0.718. The maximum absolute atomic E-state index is 4.50. The van der Waals surface area contributed by atoms with Gasteiger partial charge in [-0.05, 0) is 18.9 Å². The summed E-state index contributed by atoms with van der Waals surface area (Å²) in [5.74, 6) is 1.12. The van der Waals surface area contributed by atoms with Crippen LogP contribution in [0.5, 0.6) is 0 Å². The van der Waals surface area contributed by atoms with E-state index in [0.717, 1.165) is 24.5 Å². The maximum Gasteiger partial charge on any atom is 0.101 e. The average molecular weight is 187 g/mol. The maximum atomic E-state index is 4.50. The van der Waals surface area contributed by atoms with Crippen LogP contribution in [0.4, 0.5) is 5.69 Å². The fourth-order valence-corrected chi connectivity index (χ4v) is 1.60. The summed E-state index contributed by atoms with van der Waals surface area (Å²) in [6, 6.07) is 11.1. The smallest absolute Gasteiger partial charge is 0.101 e. The van der Waals surface area contributed by atoms with E-state index in [4.69, 9.17) is 0 Å². The van der Waals surface area contributed by atoms with Crippen LogP contribution >= 0.6 is 0 Å². The standard InChI is InChI=1S/C12H15N2/c1-3-7-11(8-4-1)14-12-9-5-2-6-10-13-12/h1,3-4,7H,2,5-6,9-10H2,(H,13,14). The van der Waals surface area contributed by atoms with Gasteiger partial charge in [-0.2, -0.15) is 0 Å². The van der Waals surface area contributed by atoms with E-state index >= 15 is 0 Å². The number of hydrogen-bond donors (Lipinski definition) is 1. The predicted molar refractivity (Wildman–Crippen MR) is 59.7 cm³/mol. The number of para-hydroxylation sites is 1. The molecule has 0 spiro atoms. The molecule has 2 heteroatoms. The van der Waals surface area contributed by atoms with Crippen molar-refractivity contribution in [3.8, 4) is 0 Å². The SMILES string of the molecule is [c]1ccccc1NC1=NCCCCC1. The predicted octanol–water partition coefficient (Wildman–Crippen LogP) is 2.87. The van der Waals surface area contributed by atoms with Gasteiger partial charge in [0.1, 0.15) is 5.84 Å². The third-order valence-electron chi connectivity index (χ3n) is 2.36. The van der Waals surface area contributed by atoms with Crippen LogP contribution in [0, 0.1) is 6.07 Å². The van der Waals surface area contributed by atoms with E-state index < -0.39 is 0 Å². The highest BCUT2D eigenvalue weighted by molar-refractivity contribution is 5.95. The number of aliphatic imine (C=N–C) groups is 1. The van der Waals surface area contributed by atoms with Gasteiger partial charge in [-0.15, -0.1) is 0 Å². The second-order valence-corrected chi connectivity index (χ2v) is 3.54. The minimum Gasteiger partial charge on any atom is -0.344 e. The molecule has 0 bridgehead atoms.